The highest BCUT2D eigenvalue weighted by atomic mass is 16.5. The van der Waals surface area contributed by atoms with E-state index in [-0.39, 0.29) is 5.91 Å². The Morgan fingerprint density at radius 2 is 1.85 bits per heavy atom. The van der Waals surface area contributed by atoms with Gasteiger partial charge in [0.2, 0.25) is 0 Å². The van der Waals surface area contributed by atoms with Crippen LogP contribution in [0.15, 0.2) is 48.5 Å². The van der Waals surface area contributed by atoms with Crippen LogP contribution in [0.25, 0.3) is 0 Å². The largest absolute Gasteiger partial charge is 0.491 e. The molecule has 0 radical (unpaired) electrons. The van der Waals surface area contributed by atoms with Gasteiger partial charge in [0.15, 0.2) is 0 Å². The normalized spacial score (nSPS) is 14.8. The van der Waals surface area contributed by atoms with Gasteiger partial charge in [-0.3, -0.25) is 9.69 Å². The summed E-state index contributed by atoms with van der Waals surface area (Å²) in [6.45, 7) is 7.06. The smallest absolute Gasteiger partial charge is 0.255 e. The van der Waals surface area contributed by atoms with Gasteiger partial charge >= 0.3 is 0 Å². The zero-order valence-electron chi connectivity index (χ0n) is 15.2. The molecule has 1 heterocycles. The number of anilines is 1. The second-order valence-corrected chi connectivity index (χ2v) is 6.38. The van der Waals surface area contributed by atoms with Crippen LogP contribution in [0.3, 0.4) is 0 Å². The van der Waals surface area contributed by atoms with Gasteiger partial charge < -0.3 is 14.8 Å². The van der Waals surface area contributed by atoms with E-state index in [1.165, 1.54) is 5.56 Å². The number of amides is 1. The summed E-state index contributed by atoms with van der Waals surface area (Å²) in [6, 6.07) is 15.3. The van der Waals surface area contributed by atoms with Crippen LogP contribution in [0.1, 0.15) is 29.3 Å². The molecule has 1 aliphatic rings. The van der Waals surface area contributed by atoms with Crippen LogP contribution in [-0.2, 0) is 11.3 Å². The number of benzene rings is 2. The van der Waals surface area contributed by atoms with E-state index in [9.17, 15) is 4.79 Å². The first-order valence-corrected chi connectivity index (χ1v) is 9.18. The van der Waals surface area contributed by atoms with Crippen molar-refractivity contribution in [1.29, 1.82) is 0 Å². The van der Waals surface area contributed by atoms with Gasteiger partial charge in [-0.1, -0.05) is 31.2 Å². The topological polar surface area (TPSA) is 50.8 Å². The summed E-state index contributed by atoms with van der Waals surface area (Å²) in [7, 11) is 0. The predicted octanol–water partition coefficient (Wildman–Crippen LogP) is 3.56. The third-order valence-corrected chi connectivity index (χ3v) is 4.32. The fourth-order valence-electron chi connectivity index (χ4n) is 2.88. The fourth-order valence-corrected chi connectivity index (χ4v) is 2.88. The van der Waals surface area contributed by atoms with Crippen molar-refractivity contribution < 1.29 is 14.3 Å². The summed E-state index contributed by atoms with van der Waals surface area (Å²) in [6.07, 6.45) is 0.923. The van der Waals surface area contributed by atoms with Gasteiger partial charge in [0.05, 0.1) is 25.5 Å². The van der Waals surface area contributed by atoms with E-state index in [0.29, 0.717) is 23.6 Å². The monoisotopic (exact) mass is 354 g/mol. The maximum atomic E-state index is 12.5. The maximum absolute atomic E-state index is 12.5. The summed E-state index contributed by atoms with van der Waals surface area (Å²) in [5.74, 6) is 0.571. The number of para-hydroxylation sites is 2. The quantitative estimate of drug-likeness (QED) is 0.826. The number of rotatable bonds is 7. The summed E-state index contributed by atoms with van der Waals surface area (Å²) < 4.78 is 11.1. The molecule has 0 atom stereocenters. The number of carbonyl (C=O) groups is 1. The molecule has 0 bridgehead atoms. The zero-order chi connectivity index (χ0) is 18.2. The van der Waals surface area contributed by atoms with Gasteiger partial charge in [-0.2, -0.15) is 0 Å². The van der Waals surface area contributed by atoms with Gasteiger partial charge in [0.25, 0.3) is 5.91 Å². The van der Waals surface area contributed by atoms with Crippen molar-refractivity contribution in [3.05, 3.63) is 59.7 Å². The van der Waals surface area contributed by atoms with Crippen LogP contribution in [0.4, 0.5) is 5.69 Å². The Kier molecular flexibility index (Phi) is 6.63. The van der Waals surface area contributed by atoms with Gasteiger partial charge in [0, 0.05) is 25.2 Å². The minimum absolute atomic E-state index is 0.129. The average Bonchev–Trinajstić information content (AvgIpc) is 2.68. The summed E-state index contributed by atoms with van der Waals surface area (Å²) in [4.78, 5) is 14.9. The van der Waals surface area contributed by atoms with Crippen molar-refractivity contribution in [3.8, 4) is 5.75 Å². The van der Waals surface area contributed by atoms with Crippen molar-refractivity contribution in [2.24, 2.45) is 0 Å². The van der Waals surface area contributed by atoms with E-state index < -0.39 is 0 Å². The van der Waals surface area contributed by atoms with Gasteiger partial charge in [-0.15, -0.1) is 0 Å². The molecule has 1 fully saturated rings. The molecule has 1 aliphatic heterocycles. The second-order valence-electron chi connectivity index (χ2n) is 6.38. The number of nitrogens with one attached hydrogen (secondary N) is 1. The van der Waals surface area contributed by atoms with Crippen LogP contribution in [0, 0.1) is 0 Å². The highest BCUT2D eigenvalue weighted by Crippen LogP contribution is 2.24. The third-order valence-electron chi connectivity index (χ3n) is 4.32. The molecule has 138 valence electrons. The Labute approximate surface area is 154 Å². The van der Waals surface area contributed by atoms with Crippen LogP contribution in [0.5, 0.6) is 5.75 Å². The number of nitrogens with zero attached hydrogens (tertiary/aromatic N) is 1. The lowest BCUT2D eigenvalue weighted by atomic mass is 10.1. The molecule has 0 spiro atoms. The molecule has 3 rings (SSSR count). The Balaban J connectivity index is 1.61. The molecule has 1 amide bonds. The summed E-state index contributed by atoms with van der Waals surface area (Å²) in [5.41, 5.74) is 2.54. The molecule has 0 aromatic heterocycles. The van der Waals surface area contributed by atoms with E-state index in [0.717, 1.165) is 39.3 Å². The van der Waals surface area contributed by atoms with E-state index in [4.69, 9.17) is 9.47 Å². The molecular weight excluding hydrogens is 328 g/mol. The Bertz CT molecular complexity index is 709. The van der Waals surface area contributed by atoms with Crippen molar-refractivity contribution in [3.63, 3.8) is 0 Å². The molecular formula is C21H26N2O3. The molecule has 0 aliphatic carbocycles. The van der Waals surface area contributed by atoms with Crippen molar-refractivity contribution in [1.82, 2.24) is 4.90 Å². The van der Waals surface area contributed by atoms with Gasteiger partial charge in [-0.25, -0.2) is 0 Å². The number of ether oxygens (including phenoxy) is 2. The lowest BCUT2D eigenvalue weighted by molar-refractivity contribution is 0.0342. The van der Waals surface area contributed by atoms with Crippen LogP contribution < -0.4 is 10.1 Å². The molecule has 5 nitrogen and oxygen atoms in total. The van der Waals surface area contributed by atoms with E-state index in [1.54, 1.807) is 0 Å². The lowest BCUT2D eigenvalue weighted by Gasteiger charge is -2.26. The average molecular weight is 354 g/mol. The maximum Gasteiger partial charge on any atom is 0.255 e. The Morgan fingerprint density at radius 1 is 1.12 bits per heavy atom. The summed E-state index contributed by atoms with van der Waals surface area (Å²) >= 11 is 0. The highest BCUT2D eigenvalue weighted by molar-refractivity contribution is 6.05. The minimum atomic E-state index is -0.129. The van der Waals surface area contributed by atoms with Gasteiger partial charge in [0.1, 0.15) is 5.75 Å². The van der Waals surface area contributed by atoms with Crippen molar-refractivity contribution in [2.45, 2.75) is 19.9 Å². The number of hydrogen-bond donors (Lipinski definition) is 1. The Hall–Kier alpha value is -2.37. The molecule has 1 saturated heterocycles. The Morgan fingerprint density at radius 3 is 2.58 bits per heavy atom. The third kappa shape index (κ3) is 5.07. The zero-order valence-corrected chi connectivity index (χ0v) is 15.2. The van der Waals surface area contributed by atoms with E-state index in [2.05, 4.69) is 17.1 Å². The van der Waals surface area contributed by atoms with Gasteiger partial charge in [-0.05, 0) is 36.2 Å². The highest BCUT2D eigenvalue weighted by Gasteiger charge is 2.12. The van der Waals surface area contributed by atoms with Crippen LogP contribution >= 0.6 is 0 Å². The first-order valence-electron chi connectivity index (χ1n) is 9.18. The van der Waals surface area contributed by atoms with E-state index >= 15 is 0 Å². The van der Waals surface area contributed by atoms with Crippen LogP contribution in [-0.4, -0.2) is 43.7 Å². The molecule has 0 unspecified atom stereocenters. The molecule has 2 aromatic rings. The number of hydrogen-bond acceptors (Lipinski definition) is 4. The minimum Gasteiger partial charge on any atom is -0.491 e. The molecule has 5 heteroatoms. The fraction of sp³-hybridized carbons (Fsp3) is 0.381. The first kappa shape index (κ1) is 18.4. The van der Waals surface area contributed by atoms with Crippen molar-refractivity contribution >= 4 is 11.6 Å². The lowest BCUT2D eigenvalue weighted by Crippen LogP contribution is -2.35. The van der Waals surface area contributed by atoms with Crippen LogP contribution in [0.2, 0.25) is 0 Å². The van der Waals surface area contributed by atoms with E-state index in [1.807, 2.05) is 48.5 Å². The second kappa shape index (κ2) is 9.36. The molecule has 26 heavy (non-hydrogen) atoms. The molecule has 0 saturated carbocycles. The predicted molar refractivity (Wildman–Crippen MR) is 103 cm³/mol. The number of morpholine rings is 1. The summed E-state index contributed by atoms with van der Waals surface area (Å²) in [5, 5.41) is 2.95. The first-order chi connectivity index (χ1) is 12.8. The molecule has 1 N–H and O–H groups in total. The standard InChI is InChI=1S/C21H26N2O3/c1-2-13-26-20-6-4-3-5-19(20)22-21(24)18-9-7-17(8-10-18)16-23-11-14-25-15-12-23/h3-10H,2,11-16H2,1H3,(H,22,24). The number of carbonyl (C=O) groups excluding carboxylic acids is 1. The molecule has 2 aromatic carbocycles. The van der Waals surface area contributed by atoms with Crippen molar-refractivity contribution in [2.75, 3.05) is 38.2 Å². The SMILES string of the molecule is CCCOc1ccccc1NC(=O)c1ccc(CN2CCOCC2)cc1.